The van der Waals surface area contributed by atoms with Crippen molar-refractivity contribution in [2.24, 2.45) is 0 Å². The fourth-order valence-electron chi connectivity index (χ4n) is 1.88. The number of thioether (sulfide) groups is 1. The maximum atomic E-state index is 11.9. The van der Waals surface area contributed by atoms with Crippen LogP contribution < -0.4 is 10.6 Å². The zero-order chi connectivity index (χ0) is 13.0. The zero-order valence-electron chi connectivity index (χ0n) is 10.3. The molecule has 1 aromatic carbocycles. The monoisotopic (exact) mass is 264 g/mol. The number of amides is 2. The first-order valence-corrected chi connectivity index (χ1v) is 7.30. The third-order valence-corrected chi connectivity index (χ3v) is 3.50. The van der Waals surface area contributed by atoms with Gasteiger partial charge in [-0.2, -0.15) is 11.8 Å². The summed E-state index contributed by atoms with van der Waals surface area (Å²) >= 11 is 1.77. The molecule has 0 unspecified atom stereocenters. The van der Waals surface area contributed by atoms with Gasteiger partial charge in [0.25, 0.3) is 5.91 Å². The number of fused-ring (bicyclic) bond motifs is 1. The quantitative estimate of drug-likeness (QED) is 0.795. The maximum absolute atomic E-state index is 11.9. The Kier molecular flexibility index (Phi) is 4.25. The Morgan fingerprint density at radius 1 is 1.50 bits per heavy atom. The van der Waals surface area contributed by atoms with Crippen molar-refractivity contribution in [1.82, 2.24) is 5.32 Å². The van der Waals surface area contributed by atoms with Gasteiger partial charge < -0.3 is 10.6 Å². The fourth-order valence-corrected chi connectivity index (χ4v) is 2.31. The second kappa shape index (κ2) is 5.91. The van der Waals surface area contributed by atoms with E-state index in [1.165, 1.54) is 0 Å². The summed E-state index contributed by atoms with van der Waals surface area (Å²) in [4.78, 5) is 23.1. The third-order valence-electron chi connectivity index (χ3n) is 2.81. The SMILES string of the molecule is CSCCCNC(=O)c1ccc2c(c1)NC(=O)C2. The van der Waals surface area contributed by atoms with Gasteiger partial charge in [0.05, 0.1) is 6.42 Å². The smallest absolute Gasteiger partial charge is 0.251 e. The molecule has 0 radical (unpaired) electrons. The summed E-state index contributed by atoms with van der Waals surface area (Å²) in [5.74, 6) is 0.947. The van der Waals surface area contributed by atoms with E-state index in [1.807, 2.05) is 12.3 Å². The maximum Gasteiger partial charge on any atom is 0.251 e. The van der Waals surface area contributed by atoms with E-state index in [4.69, 9.17) is 0 Å². The van der Waals surface area contributed by atoms with Crippen LogP contribution in [0.25, 0.3) is 0 Å². The molecule has 4 nitrogen and oxygen atoms in total. The van der Waals surface area contributed by atoms with Gasteiger partial charge in [-0.3, -0.25) is 9.59 Å². The molecule has 2 rings (SSSR count). The van der Waals surface area contributed by atoms with Gasteiger partial charge in [0.15, 0.2) is 0 Å². The Balaban J connectivity index is 1.95. The lowest BCUT2D eigenvalue weighted by atomic mass is 10.1. The van der Waals surface area contributed by atoms with Crippen LogP contribution in [0.3, 0.4) is 0 Å². The van der Waals surface area contributed by atoms with Crippen LogP contribution in [-0.4, -0.2) is 30.4 Å². The van der Waals surface area contributed by atoms with Crippen molar-refractivity contribution >= 4 is 29.3 Å². The average molecular weight is 264 g/mol. The highest BCUT2D eigenvalue weighted by atomic mass is 32.2. The van der Waals surface area contributed by atoms with Crippen LogP contribution in [0.2, 0.25) is 0 Å². The summed E-state index contributed by atoms with van der Waals surface area (Å²) in [5, 5.41) is 5.62. The standard InChI is InChI=1S/C13H16N2O2S/c1-18-6-2-5-14-13(17)10-4-3-9-8-12(16)15-11(9)7-10/h3-4,7H,2,5-6,8H2,1H3,(H,14,17)(H,15,16). The van der Waals surface area contributed by atoms with E-state index in [9.17, 15) is 9.59 Å². The van der Waals surface area contributed by atoms with Crippen LogP contribution >= 0.6 is 11.8 Å². The molecule has 1 aliphatic rings. The van der Waals surface area contributed by atoms with Crippen molar-refractivity contribution in [3.63, 3.8) is 0 Å². The minimum absolute atomic E-state index is 0.0115. The Hall–Kier alpha value is -1.49. The molecule has 2 amide bonds. The second-order valence-electron chi connectivity index (χ2n) is 4.20. The summed E-state index contributed by atoms with van der Waals surface area (Å²) in [6.45, 7) is 0.684. The Morgan fingerprint density at radius 3 is 3.11 bits per heavy atom. The lowest BCUT2D eigenvalue weighted by Gasteiger charge is -2.06. The molecule has 0 spiro atoms. The molecule has 2 N–H and O–H groups in total. The van der Waals surface area contributed by atoms with E-state index >= 15 is 0 Å². The van der Waals surface area contributed by atoms with Crippen molar-refractivity contribution in [1.29, 1.82) is 0 Å². The van der Waals surface area contributed by atoms with Crippen molar-refractivity contribution in [3.8, 4) is 0 Å². The van der Waals surface area contributed by atoms with Gasteiger partial charge in [-0.1, -0.05) is 6.07 Å². The highest BCUT2D eigenvalue weighted by molar-refractivity contribution is 7.98. The molecule has 96 valence electrons. The van der Waals surface area contributed by atoms with E-state index < -0.39 is 0 Å². The van der Waals surface area contributed by atoms with E-state index in [1.54, 1.807) is 23.9 Å². The Labute approximate surface area is 111 Å². The van der Waals surface area contributed by atoms with Gasteiger partial charge in [0, 0.05) is 17.8 Å². The van der Waals surface area contributed by atoms with Crippen molar-refractivity contribution in [2.45, 2.75) is 12.8 Å². The molecule has 0 aliphatic carbocycles. The molecular weight excluding hydrogens is 248 g/mol. The first-order chi connectivity index (χ1) is 8.70. The number of nitrogens with one attached hydrogen (secondary N) is 2. The summed E-state index contributed by atoms with van der Waals surface area (Å²) < 4.78 is 0. The van der Waals surface area contributed by atoms with Gasteiger partial charge >= 0.3 is 0 Å². The predicted molar refractivity (Wildman–Crippen MR) is 74.1 cm³/mol. The largest absolute Gasteiger partial charge is 0.352 e. The van der Waals surface area contributed by atoms with Crippen LogP contribution in [-0.2, 0) is 11.2 Å². The lowest BCUT2D eigenvalue weighted by Crippen LogP contribution is -2.24. The van der Waals surface area contributed by atoms with Gasteiger partial charge in [0.2, 0.25) is 5.91 Å². The van der Waals surface area contributed by atoms with Crippen molar-refractivity contribution in [3.05, 3.63) is 29.3 Å². The molecule has 0 saturated heterocycles. The van der Waals surface area contributed by atoms with Crippen LogP contribution in [0.15, 0.2) is 18.2 Å². The fraction of sp³-hybridized carbons (Fsp3) is 0.385. The first kappa shape index (κ1) is 13.0. The first-order valence-electron chi connectivity index (χ1n) is 5.90. The van der Waals surface area contributed by atoms with Gasteiger partial charge in [-0.25, -0.2) is 0 Å². The highest BCUT2D eigenvalue weighted by Crippen LogP contribution is 2.23. The number of carbonyl (C=O) groups is 2. The van der Waals surface area contributed by atoms with E-state index in [0.29, 0.717) is 18.5 Å². The average Bonchev–Trinajstić information content (AvgIpc) is 2.73. The lowest BCUT2D eigenvalue weighted by molar-refractivity contribution is -0.115. The van der Waals surface area contributed by atoms with E-state index in [-0.39, 0.29) is 11.8 Å². The predicted octanol–water partition coefficient (Wildman–Crippen LogP) is 1.66. The third kappa shape index (κ3) is 3.04. The Morgan fingerprint density at radius 2 is 2.33 bits per heavy atom. The number of hydrogen-bond acceptors (Lipinski definition) is 3. The molecule has 0 atom stereocenters. The minimum Gasteiger partial charge on any atom is -0.352 e. The van der Waals surface area contributed by atoms with E-state index in [2.05, 4.69) is 10.6 Å². The number of rotatable bonds is 5. The molecule has 0 bridgehead atoms. The summed E-state index contributed by atoms with van der Waals surface area (Å²) in [7, 11) is 0. The summed E-state index contributed by atoms with van der Waals surface area (Å²) in [6, 6.07) is 5.34. The molecule has 1 aliphatic heterocycles. The molecule has 18 heavy (non-hydrogen) atoms. The number of carbonyl (C=O) groups excluding carboxylic acids is 2. The number of benzene rings is 1. The van der Waals surface area contributed by atoms with Crippen LogP contribution in [0.4, 0.5) is 5.69 Å². The molecule has 0 fully saturated rings. The van der Waals surface area contributed by atoms with Crippen LogP contribution in [0.1, 0.15) is 22.3 Å². The van der Waals surface area contributed by atoms with Crippen LogP contribution in [0.5, 0.6) is 0 Å². The highest BCUT2D eigenvalue weighted by Gasteiger charge is 2.18. The number of anilines is 1. The van der Waals surface area contributed by atoms with Gasteiger partial charge in [-0.15, -0.1) is 0 Å². The normalized spacial score (nSPS) is 13.1. The summed E-state index contributed by atoms with van der Waals surface area (Å²) in [5.41, 5.74) is 2.32. The van der Waals surface area contributed by atoms with Gasteiger partial charge in [0.1, 0.15) is 0 Å². The second-order valence-corrected chi connectivity index (χ2v) is 5.18. The number of hydrogen-bond donors (Lipinski definition) is 2. The Bertz CT molecular complexity index is 474. The zero-order valence-corrected chi connectivity index (χ0v) is 11.1. The van der Waals surface area contributed by atoms with E-state index in [0.717, 1.165) is 23.4 Å². The molecule has 1 aromatic rings. The van der Waals surface area contributed by atoms with Crippen LogP contribution in [0, 0.1) is 0 Å². The van der Waals surface area contributed by atoms with Crippen molar-refractivity contribution in [2.75, 3.05) is 23.9 Å². The minimum atomic E-state index is -0.0833. The molecule has 5 heteroatoms. The topological polar surface area (TPSA) is 58.2 Å². The molecule has 0 aromatic heterocycles. The molecule has 0 saturated carbocycles. The molecular formula is C13H16N2O2S. The molecule has 1 heterocycles. The van der Waals surface area contributed by atoms with Gasteiger partial charge in [-0.05, 0) is 36.1 Å². The van der Waals surface area contributed by atoms with Crippen molar-refractivity contribution < 1.29 is 9.59 Å². The summed E-state index contributed by atoms with van der Waals surface area (Å²) in [6.07, 6.45) is 3.42.